The molecule has 0 heterocycles. The molecule has 0 fully saturated rings. The summed E-state index contributed by atoms with van der Waals surface area (Å²) in [6.07, 6.45) is 0. The lowest BCUT2D eigenvalue weighted by Gasteiger charge is -2.38. The van der Waals surface area contributed by atoms with E-state index in [4.69, 9.17) is 10.8 Å². The Morgan fingerprint density at radius 3 is 2.14 bits per heavy atom. The summed E-state index contributed by atoms with van der Waals surface area (Å²) in [7, 11) is -7.22. The molecule has 0 saturated carbocycles. The van der Waals surface area contributed by atoms with Crippen molar-refractivity contribution in [3.63, 3.8) is 0 Å². The summed E-state index contributed by atoms with van der Waals surface area (Å²) in [5.74, 6) is 0.801. The van der Waals surface area contributed by atoms with Crippen LogP contribution >= 0.6 is 0 Å². The van der Waals surface area contributed by atoms with Gasteiger partial charge in [0, 0.05) is 18.6 Å². The van der Waals surface area contributed by atoms with E-state index in [1.807, 2.05) is 41.5 Å². The second-order valence-corrected chi connectivity index (χ2v) is 16.2. The third-order valence-electron chi connectivity index (χ3n) is 6.03. The Morgan fingerprint density at radius 1 is 1.09 bits per heavy atom. The number of benzene rings is 2. The molecule has 194 valence electrons. The van der Waals surface area contributed by atoms with E-state index in [1.54, 1.807) is 0 Å². The van der Waals surface area contributed by atoms with Gasteiger partial charge in [0.2, 0.25) is 0 Å². The van der Waals surface area contributed by atoms with Gasteiger partial charge in [0.1, 0.15) is 19.6 Å². The van der Waals surface area contributed by atoms with Gasteiger partial charge in [-0.3, -0.25) is 0 Å². The second-order valence-electron chi connectivity index (χ2n) is 9.04. The first-order valence-electron chi connectivity index (χ1n) is 11.4. The molecule has 0 aliphatic heterocycles. The van der Waals surface area contributed by atoms with Crippen molar-refractivity contribution >= 4 is 29.0 Å². The molecule has 0 aliphatic carbocycles. The molecule has 0 unspecified atom stereocenters. The molecule has 0 atom stereocenters. The molecule has 5 nitrogen and oxygen atoms in total. The summed E-state index contributed by atoms with van der Waals surface area (Å²) in [6.45, 7) is 11.9. The van der Waals surface area contributed by atoms with Gasteiger partial charge in [0.05, 0.1) is 6.93 Å². The third-order valence-corrected chi connectivity index (χ3v) is 13.3. The molecule has 35 heavy (non-hydrogen) atoms. The van der Waals surface area contributed by atoms with Crippen LogP contribution in [-0.4, -0.2) is 35.9 Å². The fourth-order valence-electron chi connectivity index (χ4n) is 4.48. The van der Waals surface area contributed by atoms with Gasteiger partial charge in [0.25, 0.3) is 0 Å². The molecule has 0 aliphatic rings. The highest BCUT2D eigenvalue weighted by atomic mass is 32.2. The molecule has 0 bridgehead atoms. The average molecular weight is 536 g/mol. The zero-order valence-corrected chi connectivity index (χ0v) is 22.4. The highest BCUT2D eigenvalue weighted by Gasteiger charge is 2.49. The van der Waals surface area contributed by atoms with Crippen molar-refractivity contribution in [1.82, 2.24) is 0 Å². The Morgan fingerprint density at radius 2 is 1.66 bits per heavy atom. The molecule has 11 heteroatoms. The summed E-state index contributed by atoms with van der Waals surface area (Å²) >= 11 is 0. The van der Waals surface area contributed by atoms with E-state index in [9.17, 15) is 21.6 Å². The standard InChI is InChI=1S/C24H30F4O5SSi/c1-15(2)35(16(3)4,17(5)6)11-10-20-21(25)9-8-18-12-19(32-14-31-7)13-22(23(18)20)33-34(29,30)24(26,27)28/h8-9,12-13,15-17H,14H2,1-7H3/i9D. The van der Waals surface area contributed by atoms with Crippen molar-refractivity contribution < 1.29 is 41.0 Å². The molecule has 0 N–H and O–H groups in total. The predicted octanol–water partition coefficient (Wildman–Crippen LogP) is 6.76. The lowest BCUT2D eigenvalue weighted by molar-refractivity contribution is -0.0499. The fraction of sp³-hybridized carbons (Fsp3) is 0.500. The van der Waals surface area contributed by atoms with Crippen LogP contribution in [-0.2, 0) is 14.9 Å². The lowest BCUT2D eigenvalue weighted by Crippen LogP contribution is -2.43. The third kappa shape index (κ3) is 5.93. The van der Waals surface area contributed by atoms with Crippen molar-refractivity contribution in [1.29, 1.82) is 0 Å². The normalized spacial score (nSPS) is 13.3. The van der Waals surface area contributed by atoms with Crippen LogP contribution in [0.5, 0.6) is 11.5 Å². The minimum absolute atomic E-state index is 0.0255. The number of ether oxygens (including phenoxy) is 2. The summed E-state index contributed by atoms with van der Waals surface area (Å²) in [4.78, 5) is 0. The van der Waals surface area contributed by atoms with Gasteiger partial charge in [0.15, 0.2) is 12.5 Å². The second kappa shape index (κ2) is 10.8. The van der Waals surface area contributed by atoms with Crippen LogP contribution in [0.4, 0.5) is 17.6 Å². The molecule has 0 spiro atoms. The Labute approximate surface area is 206 Å². The number of rotatable bonds is 8. The summed E-state index contributed by atoms with van der Waals surface area (Å²) in [5, 5.41) is -0.273. The minimum atomic E-state index is -6.10. The lowest BCUT2D eigenvalue weighted by atomic mass is 10.0. The van der Waals surface area contributed by atoms with E-state index in [0.29, 0.717) is 0 Å². The van der Waals surface area contributed by atoms with E-state index in [1.165, 1.54) is 13.2 Å². The highest BCUT2D eigenvalue weighted by Crippen LogP contribution is 2.42. The van der Waals surface area contributed by atoms with E-state index >= 15 is 4.39 Å². The Kier molecular flexibility index (Phi) is 8.39. The number of hydrogen-bond donors (Lipinski definition) is 0. The smallest absolute Gasteiger partial charge is 0.467 e. The number of alkyl halides is 3. The maximum absolute atomic E-state index is 15.3. The van der Waals surface area contributed by atoms with Crippen LogP contribution in [0, 0.1) is 17.3 Å². The molecular formula is C24H30F4O5SSi. The largest absolute Gasteiger partial charge is 0.534 e. The molecule has 0 aromatic heterocycles. The van der Waals surface area contributed by atoms with Crippen molar-refractivity contribution in [3.8, 4) is 23.0 Å². The van der Waals surface area contributed by atoms with E-state index in [-0.39, 0.29) is 39.9 Å². The first kappa shape index (κ1) is 27.3. The van der Waals surface area contributed by atoms with Crippen molar-refractivity contribution in [2.45, 2.75) is 63.7 Å². The van der Waals surface area contributed by atoms with Gasteiger partial charge in [-0.1, -0.05) is 53.5 Å². The van der Waals surface area contributed by atoms with Crippen molar-refractivity contribution in [3.05, 3.63) is 35.6 Å². The van der Waals surface area contributed by atoms with Gasteiger partial charge in [-0.15, -0.1) is 5.54 Å². The SMILES string of the molecule is [2H]c1cc2cc(OCOC)cc(OS(=O)(=O)C(F)(F)F)c2c(C#C[Si](C(C)C)(C(C)C)C(C)C)c1F. The minimum Gasteiger partial charge on any atom is -0.467 e. The van der Waals surface area contributed by atoms with Crippen LogP contribution in [0.3, 0.4) is 0 Å². The monoisotopic (exact) mass is 535 g/mol. The summed E-state index contributed by atoms with van der Waals surface area (Å²) in [5.41, 5.74) is -2.38. The van der Waals surface area contributed by atoms with E-state index in [2.05, 4.69) is 15.6 Å². The zero-order valence-electron chi connectivity index (χ0n) is 21.6. The highest BCUT2D eigenvalue weighted by molar-refractivity contribution is 7.88. The van der Waals surface area contributed by atoms with Crippen molar-refractivity contribution in [2.75, 3.05) is 13.9 Å². The first-order valence-corrected chi connectivity index (χ1v) is 14.6. The first-order chi connectivity index (χ1) is 16.5. The zero-order chi connectivity index (χ0) is 27.6. The average Bonchev–Trinajstić information content (AvgIpc) is 2.73. The Bertz CT molecular complexity index is 1260. The van der Waals surface area contributed by atoms with Crippen LogP contribution < -0.4 is 8.92 Å². The van der Waals surface area contributed by atoms with Gasteiger partial charge in [-0.25, -0.2) is 4.39 Å². The van der Waals surface area contributed by atoms with E-state index < -0.39 is 46.9 Å². The molecule has 2 aromatic rings. The molecule has 0 radical (unpaired) electrons. The fourth-order valence-corrected chi connectivity index (χ4v) is 10.1. The topological polar surface area (TPSA) is 61.8 Å². The van der Waals surface area contributed by atoms with Crippen LogP contribution in [0.1, 0.15) is 48.5 Å². The molecule has 0 amide bonds. The molecule has 2 rings (SSSR count). The van der Waals surface area contributed by atoms with Crippen LogP contribution in [0.25, 0.3) is 10.8 Å². The molecule has 2 aromatic carbocycles. The van der Waals surface area contributed by atoms with Crippen molar-refractivity contribution in [2.24, 2.45) is 0 Å². The van der Waals surface area contributed by atoms with Gasteiger partial charge < -0.3 is 13.7 Å². The number of hydrogen-bond acceptors (Lipinski definition) is 5. The quantitative estimate of drug-likeness (QED) is 0.0934. The predicted molar refractivity (Wildman–Crippen MR) is 130 cm³/mol. The number of methoxy groups -OCH3 is 1. The summed E-state index contributed by atoms with van der Waals surface area (Å²) < 4.78 is 101. The Balaban J connectivity index is 2.99. The van der Waals surface area contributed by atoms with Crippen LogP contribution in [0.15, 0.2) is 24.2 Å². The van der Waals surface area contributed by atoms with Crippen LogP contribution in [0.2, 0.25) is 16.6 Å². The number of halogens is 4. The summed E-state index contributed by atoms with van der Waals surface area (Å²) in [6, 6.07) is 2.70. The molecular weight excluding hydrogens is 504 g/mol. The maximum Gasteiger partial charge on any atom is 0.534 e. The van der Waals surface area contributed by atoms with Gasteiger partial charge in [-0.2, -0.15) is 21.6 Å². The maximum atomic E-state index is 15.3. The van der Waals surface area contributed by atoms with E-state index in [0.717, 1.165) is 12.1 Å². The molecule has 0 saturated heterocycles. The van der Waals surface area contributed by atoms with Gasteiger partial charge >= 0.3 is 15.6 Å². The van der Waals surface area contributed by atoms with Gasteiger partial charge in [-0.05, 0) is 34.1 Å². The Hall–Kier alpha value is -2.29. The number of fused-ring (bicyclic) bond motifs is 1.